The zero-order valence-electron chi connectivity index (χ0n) is 20.0. The Balaban J connectivity index is 1.55. The molecule has 0 saturated heterocycles. The molecule has 4 aliphatic rings. The summed E-state index contributed by atoms with van der Waals surface area (Å²) in [4.78, 5) is 17.2. The summed E-state index contributed by atoms with van der Waals surface area (Å²) in [5.41, 5.74) is 1.54. The van der Waals surface area contributed by atoms with Crippen molar-refractivity contribution in [3.05, 3.63) is 11.6 Å². The zero-order chi connectivity index (χ0) is 21.7. The summed E-state index contributed by atoms with van der Waals surface area (Å²) in [6, 6.07) is 0. The topological polar surface area (TPSA) is 46.5 Å². The average molecular weight is 417 g/mol. The molecule has 0 heterocycles. The molecule has 4 aliphatic carbocycles. The fourth-order valence-corrected chi connectivity index (χ4v) is 8.70. The maximum atomic E-state index is 12.1. The normalized spacial score (nSPS) is 44.3. The second-order valence-corrected chi connectivity index (χ2v) is 12.2. The van der Waals surface area contributed by atoms with E-state index < -0.39 is 0 Å². The molecule has 0 aliphatic heterocycles. The largest absolute Gasteiger partial charge is 0.295 e. The first-order valence-electron chi connectivity index (χ1n) is 12.8. The molecule has 4 rings (SSSR count). The Labute approximate surface area is 184 Å². The number of hydrogen-bond donors (Lipinski definition) is 1. The highest BCUT2D eigenvalue weighted by Crippen LogP contribution is 2.67. The third-order valence-electron chi connectivity index (χ3n) is 10.3. The van der Waals surface area contributed by atoms with E-state index in [0.29, 0.717) is 23.7 Å². The van der Waals surface area contributed by atoms with Crippen LogP contribution in [0.5, 0.6) is 0 Å². The minimum atomic E-state index is -0.287. The van der Waals surface area contributed by atoms with Crippen molar-refractivity contribution in [2.45, 2.75) is 105 Å². The molecule has 0 aromatic carbocycles. The highest BCUT2D eigenvalue weighted by molar-refractivity contribution is 5.91. The van der Waals surface area contributed by atoms with Crippen molar-refractivity contribution in [1.82, 2.24) is 0 Å². The van der Waals surface area contributed by atoms with Crippen LogP contribution in [-0.4, -0.2) is 17.1 Å². The third kappa shape index (κ3) is 3.62. The molecule has 0 amide bonds. The first-order chi connectivity index (χ1) is 14.2. The van der Waals surface area contributed by atoms with E-state index in [2.05, 4.69) is 34.6 Å². The van der Waals surface area contributed by atoms with Crippen LogP contribution in [-0.2, 0) is 9.68 Å². The van der Waals surface area contributed by atoms with Gasteiger partial charge in [-0.25, -0.2) is 4.89 Å². The molecule has 3 saturated carbocycles. The van der Waals surface area contributed by atoms with Crippen molar-refractivity contribution < 1.29 is 14.9 Å². The van der Waals surface area contributed by atoms with Gasteiger partial charge in [0.05, 0.1) is 0 Å². The van der Waals surface area contributed by atoms with E-state index in [-0.39, 0.29) is 17.3 Å². The molecular weight excluding hydrogens is 372 g/mol. The molecule has 0 aromatic rings. The maximum Gasteiger partial charge on any atom is 0.155 e. The smallest absolute Gasteiger partial charge is 0.155 e. The first kappa shape index (κ1) is 22.5. The van der Waals surface area contributed by atoms with Gasteiger partial charge in [-0.1, -0.05) is 53.9 Å². The highest BCUT2D eigenvalue weighted by atomic mass is 17.1. The lowest BCUT2D eigenvalue weighted by Gasteiger charge is -2.59. The van der Waals surface area contributed by atoms with Crippen molar-refractivity contribution in [2.75, 3.05) is 0 Å². The predicted molar refractivity (Wildman–Crippen MR) is 121 cm³/mol. The summed E-state index contributed by atoms with van der Waals surface area (Å²) >= 11 is 0. The van der Waals surface area contributed by atoms with Crippen LogP contribution in [0.3, 0.4) is 0 Å². The second-order valence-electron chi connectivity index (χ2n) is 12.2. The number of ketones is 1. The predicted octanol–water partition coefficient (Wildman–Crippen LogP) is 7.07. The summed E-state index contributed by atoms with van der Waals surface area (Å²) in [6.07, 6.45) is 13.4. The molecular formula is C27H44O3. The van der Waals surface area contributed by atoms with Crippen LogP contribution in [0.2, 0.25) is 0 Å². The lowest BCUT2D eigenvalue weighted by Crippen LogP contribution is -2.54. The van der Waals surface area contributed by atoms with E-state index in [1.165, 1.54) is 44.9 Å². The summed E-state index contributed by atoms with van der Waals surface area (Å²) in [5, 5.41) is 9.76. The van der Waals surface area contributed by atoms with Crippen molar-refractivity contribution in [3.63, 3.8) is 0 Å². The van der Waals surface area contributed by atoms with Crippen LogP contribution in [0, 0.1) is 46.3 Å². The number of rotatable bonds is 6. The number of carbonyl (C=O) groups excluding carboxylic acids is 1. The lowest BCUT2D eigenvalue weighted by atomic mass is 9.46. The van der Waals surface area contributed by atoms with Crippen molar-refractivity contribution in [1.29, 1.82) is 0 Å². The van der Waals surface area contributed by atoms with Gasteiger partial charge in [-0.3, -0.25) is 10.1 Å². The van der Waals surface area contributed by atoms with Crippen LogP contribution in [0.15, 0.2) is 11.6 Å². The van der Waals surface area contributed by atoms with Crippen LogP contribution in [0.1, 0.15) is 98.8 Å². The SMILES string of the molecule is CC(C)CCC[C@@H](C)[C@H]1CC[C@H]2[C@@H]3C[C@@H](OO)C4=CC(=O)CC[C@]4(C)[C@H]3CC[C@]12C. The molecule has 1 N–H and O–H groups in total. The molecule has 8 atom stereocenters. The second kappa shape index (κ2) is 8.35. The summed E-state index contributed by atoms with van der Waals surface area (Å²) in [7, 11) is 0. The molecule has 3 heteroatoms. The molecule has 0 aromatic heterocycles. The van der Waals surface area contributed by atoms with Crippen molar-refractivity contribution >= 4 is 5.78 Å². The van der Waals surface area contributed by atoms with E-state index in [0.717, 1.165) is 42.1 Å². The van der Waals surface area contributed by atoms with E-state index in [4.69, 9.17) is 4.89 Å². The quantitative estimate of drug-likeness (QED) is 0.372. The molecule has 3 nitrogen and oxygen atoms in total. The molecule has 0 spiro atoms. The highest BCUT2D eigenvalue weighted by Gasteiger charge is 2.61. The van der Waals surface area contributed by atoms with E-state index in [1.807, 2.05) is 6.08 Å². The summed E-state index contributed by atoms with van der Waals surface area (Å²) in [5.74, 6) is 4.65. The van der Waals surface area contributed by atoms with E-state index in [1.54, 1.807) is 0 Å². The van der Waals surface area contributed by atoms with Crippen LogP contribution >= 0.6 is 0 Å². The third-order valence-corrected chi connectivity index (χ3v) is 10.3. The summed E-state index contributed by atoms with van der Waals surface area (Å²) in [6.45, 7) is 12.1. The zero-order valence-corrected chi connectivity index (χ0v) is 20.0. The lowest BCUT2D eigenvalue weighted by molar-refractivity contribution is -0.285. The Bertz CT molecular complexity index is 682. The molecule has 0 radical (unpaired) electrons. The van der Waals surface area contributed by atoms with Gasteiger partial charge >= 0.3 is 0 Å². The van der Waals surface area contributed by atoms with Gasteiger partial charge in [-0.15, -0.1) is 0 Å². The Morgan fingerprint density at radius 3 is 2.57 bits per heavy atom. The monoisotopic (exact) mass is 416 g/mol. The fourth-order valence-electron chi connectivity index (χ4n) is 8.70. The summed E-state index contributed by atoms with van der Waals surface area (Å²) < 4.78 is 0. The fraction of sp³-hybridized carbons (Fsp3) is 0.889. The molecule has 0 unspecified atom stereocenters. The van der Waals surface area contributed by atoms with E-state index >= 15 is 0 Å². The van der Waals surface area contributed by atoms with E-state index in [9.17, 15) is 10.1 Å². The van der Waals surface area contributed by atoms with Crippen molar-refractivity contribution in [3.8, 4) is 0 Å². The Kier molecular flexibility index (Phi) is 6.27. The van der Waals surface area contributed by atoms with Gasteiger partial charge in [0.15, 0.2) is 5.78 Å². The Morgan fingerprint density at radius 1 is 1.10 bits per heavy atom. The van der Waals surface area contributed by atoms with Gasteiger partial charge in [0, 0.05) is 6.42 Å². The van der Waals surface area contributed by atoms with Crippen LogP contribution in [0.4, 0.5) is 0 Å². The standard InChI is InChI=1S/C27H44O3/c1-17(2)7-6-8-18(3)21-9-10-22-20-16-25(30-29)24-15-19(28)11-13-27(24,5)23(20)12-14-26(21,22)4/h15,17-18,20-23,25,29H,6-14,16H2,1-5H3/t18-,20+,21-,22+,23+,25-,26-,27-/m1/s1. The number of hydrogen-bond acceptors (Lipinski definition) is 3. The van der Waals surface area contributed by atoms with Crippen LogP contribution in [0.25, 0.3) is 0 Å². The van der Waals surface area contributed by atoms with Crippen molar-refractivity contribution in [2.24, 2.45) is 46.3 Å². The minimum Gasteiger partial charge on any atom is -0.295 e. The number of fused-ring (bicyclic) bond motifs is 5. The van der Waals surface area contributed by atoms with Gasteiger partial charge in [-0.05, 0) is 96.5 Å². The Hall–Kier alpha value is -0.670. The molecule has 3 fully saturated rings. The molecule has 30 heavy (non-hydrogen) atoms. The molecule has 0 bridgehead atoms. The van der Waals surface area contributed by atoms with Gasteiger partial charge in [0.2, 0.25) is 0 Å². The average Bonchev–Trinajstić information content (AvgIpc) is 3.05. The van der Waals surface area contributed by atoms with Gasteiger partial charge < -0.3 is 0 Å². The Morgan fingerprint density at radius 2 is 1.87 bits per heavy atom. The first-order valence-corrected chi connectivity index (χ1v) is 12.8. The maximum absolute atomic E-state index is 12.1. The van der Waals surface area contributed by atoms with Crippen LogP contribution < -0.4 is 0 Å². The minimum absolute atomic E-state index is 0.0204. The number of carbonyl (C=O) groups is 1. The molecule has 170 valence electrons. The van der Waals surface area contributed by atoms with Gasteiger partial charge in [-0.2, -0.15) is 0 Å². The van der Waals surface area contributed by atoms with Gasteiger partial charge in [0.1, 0.15) is 6.10 Å². The van der Waals surface area contributed by atoms with Gasteiger partial charge in [0.25, 0.3) is 0 Å².